The molecule has 1 aliphatic heterocycles. The first-order valence-electron chi connectivity index (χ1n) is 11.9. The molecule has 6 rings (SSSR count). The minimum atomic E-state index is -0.0550. The number of aromatic nitrogens is 3. The fraction of sp³-hybridized carbons (Fsp3) is 0.0968. The molecule has 0 fully saturated rings. The van der Waals surface area contributed by atoms with Gasteiger partial charge in [0.1, 0.15) is 6.04 Å². The normalized spacial score (nSPS) is 14.7. The predicted octanol–water partition coefficient (Wildman–Crippen LogP) is 7.28. The molecule has 1 aromatic heterocycles. The SMILES string of the molecule is Cc1ccc(C2C=C(c3ccc(-c4ccccc4)cc3)Nc3nc(-c4ccccc4)nn32)c(C)c1. The van der Waals surface area contributed by atoms with Crippen LogP contribution in [-0.4, -0.2) is 14.8 Å². The lowest BCUT2D eigenvalue weighted by molar-refractivity contribution is 0.610. The second-order valence-electron chi connectivity index (χ2n) is 9.02. The maximum Gasteiger partial charge on any atom is 0.227 e. The van der Waals surface area contributed by atoms with Crippen molar-refractivity contribution in [3.05, 3.63) is 131 Å². The Morgan fingerprint density at radius 1 is 0.686 bits per heavy atom. The Hall–Kier alpha value is -4.44. The van der Waals surface area contributed by atoms with Gasteiger partial charge < -0.3 is 5.32 Å². The van der Waals surface area contributed by atoms with Crippen molar-refractivity contribution in [3.63, 3.8) is 0 Å². The number of hydrogen-bond acceptors (Lipinski definition) is 3. The van der Waals surface area contributed by atoms with Crippen LogP contribution in [0.5, 0.6) is 0 Å². The van der Waals surface area contributed by atoms with Crippen LogP contribution in [0.1, 0.15) is 28.3 Å². The fourth-order valence-electron chi connectivity index (χ4n) is 4.72. The molecule has 4 nitrogen and oxygen atoms in total. The van der Waals surface area contributed by atoms with Crippen LogP contribution in [0, 0.1) is 13.8 Å². The maximum atomic E-state index is 4.92. The van der Waals surface area contributed by atoms with Crippen molar-refractivity contribution in [3.8, 4) is 22.5 Å². The van der Waals surface area contributed by atoms with Gasteiger partial charge in [-0.05, 0) is 47.7 Å². The minimum Gasteiger partial charge on any atom is -0.324 e. The molecule has 1 aliphatic rings. The first-order chi connectivity index (χ1) is 17.2. The molecule has 0 amide bonds. The van der Waals surface area contributed by atoms with Gasteiger partial charge in [0, 0.05) is 11.3 Å². The van der Waals surface area contributed by atoms with Crippen molar-refractivity contribution in [2.75, 3.05) is 5.32 Å². The number of fused-ring (bicyclic) bond motifs is 1. The van der Waals surface area contributed by atoms with Crippen molar-refractivity contribution in [1.29, 1.82) is 0 Å². The zero-order valence-corrected chi connectivity index (χ0v) is 19.8. The Bertz CT molecular complexity index is 1510. The third-order valence-corrected chi connectivity index (χ3v) is 6.54. The predicted molar refractivity (Wildman–Crippen MR) is 143 cm³/mol. The number of benzene rings is 4. The van der Waals surface area contributed by atoms with Crippen molar-refractivity contribution < 1.29 is 0 Å². The van der Waals surface area contributed by atoms with E-state index >= 15 is 0 Å². The van der Waals surface area contributed by atoms with Gasteiger partial charge in [0.2, 0.25) is 5.95 Å². The number of aryl methyl sites for hydroxylation is 2. The molecule has 1 N–H and O–H groups in total. The highest BCUT2D eigenvalue weighted by atomic mass is 15.4. The average molecular weight is 455 g/mol. The van der Waals surface area contributed by atoms with Gasteiger partial charge in [-0.1, -0.05) is 109 Å². The summed E-state index contributed by atoms with van der Waals surface area (Å²) in [6.45, 7) is 4.30. The molecule has 170 valence electrons. The van der Waals surface area contributed by atoms with Crippen LogP contribution in [0.25, 0.3) is 28.2 Å². The van der Waals surface area contributed by atoms with E-state index in [0.717, 1.165) is 28.6 Å². The lowest BCUT2D eigenvalue weighted by Crippen LogP contribution is -2.21. The van der Waals surface area contributed by atoms with Crippen molar-refractivity contribution in [2.24, 2.45) is 0 Å². The van der Waals surface area contributed by atoms with Crippen molar-refractivity contribution in [1.82, 2.24) is 14.8 Å². The summed E-state index contributed by atoms with van der Waals surface area (Å²) in [6, 6.07) is 35.8. The second kappa shape index (κ2) is 8.73. The molecule has 4 aromatic carbocycles. The molecular weight excluding hydrogens is 428 g/mol. The van der Waals surface area contributed by atoms with Crippen LogP contribution in [-0.2, 0) is 0 Å². The molecule has 0 aliphatic carbocycles. The van der Waals surface area contributed by atoms with E-state index in [1.165, 1.54) is 27.8 Å². The van der Waals surface area contributed by atoms with Gasteiger partial charge in [0.25, 0.3) is 0 Å². The van der Waals surface area contributed by atoms with Gasteiger partial charge in [-0.3, -0.25) is 0 Å². The molecule has 5 aromatic rings. The van der Waals surface area contributed by atoms with Crippen molar-refractivity contribution >= 4 is 11.6 Å². The highest BCUT2D eigenvalue weighted by Gasteiger charge is 2.26. The van der Waals surface area contributed by atoms with E-state index in [2.05, 4.69) is 92.0 Å². The molecule has 35 heavy (non-hydrogen) atoms. The molecule has 0 saturated heterocycles. The van der Waals surface area contributed by atoms with E-state index in [1.807, 2.05) is 41.1 Å². The Labute approximate surface area is 205 Å². The van der Waals surface area contributed by atoms with Gasteiger partial charge in [0.15, 0.2) is 5.82 Å². The first-order valence-corrected chi connectivity index (χ1v) is 11.9. The molecule has 0 spiro atoms. The van der Waals surface area contributed by atoms with E-state index in [9.17, 15) is 0 Å². The topological polar surface area (TPSA) is 42.7 Å². The summed E-state index contributed by atoms with van der Waals surface area (Å²) in [7, 11) is 0. The van der Waals surface area contributed by atoms with Gasteiger partial charge in [-0.25, -0.2) is 4.68 Å². The fourth-order valence-corrected chi connectivity index (χ4v) is 4.72. The Balaban J connectivity index is 1.43. The van der Waals surface area contributed by atoms with Crippen molar-refractivity contribution in [2.45, 2.75) is 19.9 Å². The van der Waals surface area contributed by atoms with Gasteiger partial charge in [-0.15, -0.1) is 5.10 Å². The van der Waals surface area contributed by atoms with E-state index < -0.39 is 0 Å². The Kier molecular flexibility index (Phi) is 5.27. The third kappa shape index (κ3) is 4.04. The molecular formula is C31H26N4. The Morgan fingerprint density at radius 3 is 2.00 bits per heavy atom. The van der Waals surface area contributed by atoms with Crippen LogP contribution in [0.3, 0.4) is 0 Å². The van der Waals surface area contributed by atoms with Gasteiger partial charge in [0.05, 0.1) is 0 Å². The summed E-state index contributed by atoms with van der Waals surface area (Å²) in [5.74, 6) is 1.47. The minimum absolute atomic E-state index is 0.0550. The van der Waals surface area contributed by atoms with Crippen LogP contribution in [0.4, 0.5) is 5.95 Å². The Morgan fingerprint density at radius 2 is 1.31 bits per heavy atom. The molecule has 4 heteroatoms. The number of allylic oxidation sites excluding steroid dienone is 1. The largest absolute Gasteiger partial charge is 0.324 e. The highest BCUT2D eigenvalue weighted by Crippen LogP contribution is 2.35. The highest BCUT2D eigenvalue weighted by molar-refractivity contribution is 5.79. The maximum absolute atomic E-state index is 4.92. The first kappa shape index (κ1) is 21.1. The number of rotatable bonds is 4. The van der Waals surface area contributed by atoms with Crippen LogP contribution in [0.2, 0.25) is 0 Å². The van der Waals surface area contributed by atoms with E-state index in [1.54, 1.807) is 0 Å². The number of nitrogens with zero attached hydrogens (tertiary/aromatic N) is 3. The lowest BCUT2D eigenvalue weighted by Gasteiger charge is -2.25. The quantitative estimate of drug-likeness (QED) is 0.310. The smallest absolute Gasteiger partial charge is 0.227 e. The second-order valence-corrected chi connectivity index (χ2v) is 9.02. The molecule has 2 heterocycles. The van der Waals surface area contributed by atoms with Crippen LogP contribution < -0.4 is 5.32 Å². The molecule has 0 saturated carbocycles. The zero-order chi connectivity index (χ0) is 23.8. The summed E-state index contributed by atoms with van der Waals surface area (Å²) in [6.07, 6.45) is 2.26. The number of anilines is 1. The van der Waals surface area contributed by atoms with Gasteiger partial charge in [-0.2, -0.15) is 4.98 Å². The summed E-state index contributed by atoms with van der Waals surface area (Å²) >= 11 is 0. The van der Waals surface area contributed by atoms with Gasteiger partial charge >= 0.3 is 0 Å². The van der Waals surface area contributed by atoms with Crippen LogP contribution in [0.15, 0.2) is 109 Å². The summed E-state index contributed by atoms with van der Waals surface area (Å²) in [4.78, 5) is 4.88. The third-order valence-electron chi connectivity index (χ3n) is 6.54. The summed E-state index contributed by atoms with van der Waals surface area (Å²) in [5.41, 5.74) is 9.30. The molecule has 0 radical (unpaired) electrons. The zero-order valence-electron chi connectivity index (χ0n) is 19.8. The molecule has 0 bridgehead atoms. The van der Waals surface area contributed by atoms with E-state index in [0.29, 0.717) is 0 Å². The summed E-state index contributed by atoms with van der Waals surface area (Å²) < 4.78 is 2.00. The summed E-state index contributed by atoms with van der Waals surface area (Å²) in [5, 5.41) is 8.47. The van der Waals surface area contributed by atoms with E-state index in [4.69, 9.17) is 10.1 Å². The number of hydrogen-bond donors (Lipinski definition) is 1. The van der Waals surface area contributed by atoms with E-state index in [-0.39, 0.29) is 6.04 Å². The average Bonchev–Trinajstić information content (AvgIpc) is 3.34. The molecule has 1 atom stereocenters. The van der Waals surface area contributed by atoms with Crippen LogP contribution >= 0.6 is 0 Å². The molecule has 1 unspecified atom stereocenters. The lowest BCUT2D eigenvalue weighted by atomic mass is 9.96. The monoisotopic (exact) mass is 454 g/mol. The number of nitrogens with one attached hydrogen (secondary N) is 1. The standard InChI is InChI=1S/C31H26N4/c1-21-13-18-27(22(2)19-21)29-20-28(25-16-14-24(15-17-25)23-9-5-3-6-10-23)32-31-33-30(34-35(29)31)26-11-7-4-8-12-26/h3-20,29H,1-2H3,(H,32,33,34).